The van der Waals surface area contributed by atoms with Crippen LogP contribution in [-0.2, 0) is 0 Å². The van der Waals surface area contributed by atoms with Gasteiger partial charge in [0.15, 0.2) is 5.65 Å². The lowest BCUT2D eigenvalue weighted by Crippen LogP contribution is -2.39. The number of nitrogens with zero attached hydrogens (tertiary/aromatic N) is 4. The molecule has 1 saturated heterocycles. The Morgan fingerprint density at radius 2 is 1.86 bits per heavy atom. The third-order valence-electron chi connectivity index (χ3n) is 6.73. The number of likely N-dealkylation sites (tertiary alicyclic amines) is 1. The molecule has 180 valence electrons. The molecule has 5 rings (SSSR count). The number of halogens is 1. The molecule has 1 fully saturated rings. The molecule has 0 saturated carbocycles. The number of rotatable bonds is 7. The van der Waals surface area contributed by atoms with E-state index < -0.39 is 0 Å². The maximum Gasteiger partial charge on any atom is 0.270 e. The Morgan fingerprint density at radius 3 is 2.66 bits per heavy atom. The summed E-state index contributed by atoms with van der Waals surface area (Å²) in [6.45, 7) is 4.93. The summed E-state index contributed by atoms with van der Waals surface area (Å²) < 4.78 is 16.1. The predicted molar refractivity (Wildman–Crippen MR) is 136 cm³/mol. The van der Waals surface area contributed by atoms with Crippen molar-refractivity contribution in [2.75, 3.05) is 19.6 Å². The van der Waals surface area contributed by atoms with Crippen LogP contribution in [0.4, 0.5) is 4.39 Å². The van der Waals surface area contributed by atoms with Gasteiger partial charge in [0.25, 0.3) is 5.91 Å². The molecular weight excluding hydrogens is 441 g/mol. The van der Waals surface area contributed by atoms with E-state index in [1.165, 1.54) is 25.3 Å². The van der Waals surface area contributed by atoms with Crippen LogP contribution in [0.1, 0.15) is 43.1 Å². The number of amides is 1. The number of fused-ring (bicyclic) bond motifs is 1. The standard InChI is InChI=1S/C28H30FN5O/c1-20-10-7-8-16-33(20)17-9-15-30-28(35)26-18-25(22-13-5-6-14-23(22)29)31-27-19-24(32-34(26)27)21-11-3-2-4-12-21/h2-6,11-14,18-20H,7-10,15-17H2,1H3,(H,30,35). The number of hydrogen-bond donors (Lipinski definition) is 1. The molecule has 1 atom stereocenters. The Kier molecular flexibility index (Phi) is 6.86. The quantitative estimate of drug-likeness (QED) is 0.377. The van der Waals surface area contributed by atoms with Gasteiger partial charge in [-0.3, -0.25) is 4.79 Å². The molecule has 0 spiro atoms. The molecule has 1 N–H and O–H groups in total. The highest BCUT2D eigenvalue weighted by Crippen LogP contribution is 2.25. The maximum atomic E-state index is 14.6. The Balaban J connectivity index is 1.42. The summed E-state index contributed by atoms with van der Waals surface area (Å²) in [5.74, 6) is -0.626. The van der Waals surface area contributed by atoms with Crippen molar-refractivity contribution in [1.29, 1.82) is 0 Å². The van der Waals surface area contributed by atoms with Gasteiger partial charge in [-0.25, -0.2) is 13.9 Å². The highest BCUT2D eigenvalue weighted by atomic mass is 19.1. The summed E-state index contributed by atoms with van der Waals surface area (Å²) in [5, 5.41) is 7.70. The van der Waals surface area contributed by atoms with Crippen molar-refractivity contribution in [1.82, 2.24) is 24.8 Å². The second kappa shape index (κ2) is 10.4. The second-order valence-electron chi connectivity index (χ2n) is 9.16. The summed E-state index contributed by atoms with van der Waals surface area (Å²) in [4.78, 5) is 20.4. The first-order valence-corrected chi connectivity index (χ1v) is 12.3. The Morgan fingerprint density at radius 1 is 1.06 bits per heavy atom. The minimum atomic E-state index is -0.380. The zero-order valence-electron chi connectivity index (χ0n) is 20.0. The molecule has 2 aromatic heterocycles. The fourth-order valence-electron chi connectivity index (χ4n) is 4.76. The van der Waals surface area contributed by atoms with Crippen molar-refractivity contribution in [3.63, 3.8) is 0 Å². The lowest BCUT2D eigenvalue weighted by Gasteiger charge is -2.33. The molecule has 6 nitrogen and oxygen atoms in total. The number of piperidine rings is 1. The highest BCUT2D eigenvalue weighted by molar-refractivity contribution is 5.94. The van der Waals surface area contributed by atoms with E-state index in [0.717, 1.165) is 25.1 Å². The SMILES string of the molecule is CC1CCCCN1CCCNC(=O)c1cc(-c2ccccc2F)nc2cc(-c3ccccc3)nn12. The van der Waals surface area contributed by atoms with Gasteiger partial charge in [0, 0.05) is 36.3 Å². The van der Waals surface area contributed by atoms with Crippen LogP contribution in [-0.4, -0.2) is 51.1 Å². The fraction of sp³-hybridized carbons (Fsp3) is 0.321. The summed E-state index contributed by atoms with van der Waals surface area (Å²) in [7, 11) is 0. The summed E-state index contributed by atoms with van der Waals surface area (Å²) >= 11 is 0. The van der Waals surface area contributed by atoms with Gasteiger partial charge in [-0.2, -0.15) is 5.10 Å². The van der Waals surface area contributed by atoms with Crippen molar-refractivity contribution < 1.29 is 9.18 Å². The van der Waals surface area contributed by atoms with Crippen molar-refractivity contribution in [3.8, 4) is 22.5 Å². The van der Waals surface area contributed by atoms with Gasteiger partial charge >= 0.3 is 0 Å². The van der Waals surface area contributed by atoms with E-state index in [1.807, 2.05) is 36.4 Å². The normalized spacial score (nSPS) is 16.5. The average Bonchev–Trinajstić information content (AvgIpc) is 3.32. The number of carbonyl (C=O) groups is 1. The largest absolute Gasteiger partial charge is 0.351 e. The molecule has 0 radical (unpaired) electrons. The van der Waals surface area contributed by atoms with Crippen LogP contribution >= 0.6 is 0 Å². The number of nitrogens with one attached hydrogen (secondary N) is 1. The molecule has 4 aromatic rings. The third-order valence-corrected chi connectivity index (χ3v) is 6.73. The minimum absolute atomic E-state index is 0.246. The number of aromatic nitrogens is 3. The van der Waals surface area contributed by atoms with Gasteiger partial charge in [-0.05, 0) is 50.9 Å². The zero-order valence-corrected chi connectivity index (χ0v) is 20.0. The molecule has 35 heavy (non-hydrogen) atoms. The lowest BCUT2D eigenvalue weighted by atomic mass is 10.0. The first-order valence-electron chi connectivity index (χ1n) is 12.3. The zero-order chi connectivity index (χ0) is 24.2. The van der Waals surface area contributed by atoms with Crippen LogP contribution in [0, 0.1) is 5.82 Å². The van der Waals surface area contributed by atoms with E-state index in [1.54, 1.807) is 28.8 Å². The number of hydrogen-bond acceptors (Lipinski definition) is 4. The Bertz CT molecular complexity index is 1320. The van der Waals surface area contributed by atoms with Crippen molar-refractivity contribution in [2.24, 2.45) is 0 Å². The van der Waals surface area contributed by atoms with Gasteiger partial charge in [0.1, 0.15) is 11.5 Å². The lowest BCUT2D eigenvalue weighted by molar-refractivity contribution is 0.0941. The number of benzene rings is 2. The van der Waals surface area contributed by atoms with E-state index in [0.29, 0.717) is 40.9 Å². The van der Waals surface area contributed by atoms with E-state index in [9.17, 15) is 9.18 Å². The van der Waals surface area contributed by atoms with Gasteiger partial charge in [-0.1, -0.05) is 48.9 Å². The molecule has 1 aliphatic rings. The van der Waals surface area contributed by atoms with Crippen molar-refractivity contribution in [2.45, 2.75) is 38.6 Å². The van der Waals surface area contributed by atoms with Crippen LogP contribution in [0.15, 0.2) is 66.7 Å². The Labute approximate surface area is 204 Å². The minimum Gasteiger partial charge on any atom is -0.351 e. The molecular formula is C28H30FN5O. The van der Waals surface area contributed by atoms with E-state index in [2.05, 4.69) is 27.2 Å². The fourth-order valence-corrected chi connectivity index (χ4v) is 4.76. The smallest absolute Gasteiger partial charge is 0.270 e. The summed E-state index contributed by atoms with van der Waals surface area (Å²) in [6, 6.07) is 20.3. The molecule has 0 aliphatic carbocycles. The molecule has 1 unspecified atom stereocenters. The van der Waals surface area contributed by atoms with Crippen LogP contribution in [0.2, 0.25) is 0 Å². The molecule has 7 heteroatoms. The molecule has 1 aliphatic heterocycles. The monoisotopic (exact) mass is 471 g/mol. The average molecular weight is 472 g/mol. The first kappa shape index (κ1) is 23.2. The van der Waals surface area contributed by atoms with E-state index in [4.69, 9.17) is 0 Å². The van der Waals surface area contributed by atoms with Crippen LogP contribution in [0.5, 0.6) is 0 Å². The van der Waals surface area contributed by atoms with Gasteiger partial charge in [-0.15, -0.1) is 0 Å². The summed E-state index contributed by atoms with van der Waals surface area (Å²) in [6.07, 6.45) is 4.65. The molecule has 3 heterocycles. The molecule has 1 amide bonds. The van der Waals surface area contributed by atoms with E-state index in [-0.39, 0.29) is 11.7 Å². The van der Waals surface area contributed by atoms with Gasteiger partial charge in [0.2, 0.25) is 0 Å². The highest BCUT2D eigenvalue weighted by Gasteiger charge is 2.20. The van der Waals surface area contributed by atoms with Crippen LogP contribution < -0.4 is 5.32 Å². The third kappa shape index (κ3) is 5.10. The van der Waals surface area contributed by atoms with Crippen molar-refractivity contribution in [3.05, 3.63) is 78.2 Å². The predicted octanol–water partition coefficient (Wildman–Crippen LogP) is 5.20. The van der Waals surface area contributed by atoms with Gasteiger partial charge < -0.3 is 10.2 Å². The van der Waals surface area contributed by atoms with Gasteiger partial charge in [0.05, 0.1) is 11.4 Å². The Hall–Kier alpha value is -3.58. The summed E-state index contributed by atoms with van der Waals surface area (Å²) in [5.41, 5.74) is 3.22. The first-order chi connectivity index (χ1) is 17.1. The van der Waals surface area contributed by atoms with E-state index >= 15 is 0 Å². The number of carbonyl (C=O) groups excluding carboxylic acids is 1. The van der Waals surface area contributed by atoms with Crippen LogP contribution in [0.3, 0.4) is 0 Å². The topological polar surface area (TPSA) is 62.5 Å². The second-order valence-corrected chi connectivity index (χ2v) is 9.16. The molecule has 2 aromatic carbocycles. The van der Waals surface area contributed by atoms with Crippen molar-refractivity contribution >= 4 is 11.6 Å². The maximum absolute atomic E-state index is 14.6. The van der Waals surface area contributed by atoms with Crippen LogP contribution in [0.25, 0.3) is 28.2 Å². The molecule has 0 bridgehead atoms.